The summed E-state index contributed by atoms with van der Waals surface area (Å²) in [6.45, 7) is 1.93. The van der Waals surface area contributed by atoms with E-state index in [1.54, 1.807) is 24.1 Å². The van der Waals surface area contributed by atoms with Gasteiger partial charge in [-0.25, -0.2) is 9.59 Å². The van der Waals surface area contributed by atoms with Gasteiger partial charge >= 0.3 is 12.1 Å². The highest BCUT2D eigenvalue weighted by Gasteiger charge is 2.33. The number of hydrogen-bond acceptors (Lipinski definition) is 7. The van der Waals surface area contributed by atoms with Crippen LogP contribution >= 0.6 is 0 Å². The fraction of sp³-hybridized carbons (Fsp3) is 0.444. The number of rotatable bonds is 9. The van der Waals surface area contributed by atoms with Gasteiger partial charge < -0.3 is 33.9 Å². The molecule has 1 N–H and O–H groups in total. The van der Waals surface area contributed by atoms with Gasteiger partial charge in [-0.05, 0) is 48.2 Å². The maximum Gasteiger partial charge on any atom is 0.407 e. The molecule has 2 amide bonds. The second-order valence-electron chi connectivity index (χ2n) is 9.07. The van der Waals surface area contributed by atoms with Crippen molar-refractivity contribution in [3.05, 3.63) is 59.2 Å². The second kappa shape index (κ2) is 12.1. The summed E-state index contributed by atoms with van der Waals surface area (Å²) < 4.78 is 21.8. The molecule has 0 saturated carbocycles. The van der Waals surface area contributed by atoms with E-state index in [1.165, 1.54) is 12.0 Å². The summed E-state index contributed by atoms with van der Waals surface area (Å²) in [6.07, 6.45) is -0.0786. The molecule has 2 aromatic carbocycles. The number of methoxy groups -OCH3 is 2. The number of carbonyl (C=O) groups excluding carboxylic acids is 2. The lowest BCUT2D eigenvalue weighted by molar-refractivity contribution is -0.121. The Morgan fingerprint density at radius 3 is 2.62 bits per heavy atom. The molecule has 2 atom stereocenters. The van der Waals surface area contributed by atoms with Gasteiger partial charge in [-0.15, -0.1) is 0 Å². The van der Waals surface area contributed by atoms with Gasteiger partial charge in [-0.1, -0.05) is 18.2 Å². The van der Waals surface area contributed by atoms with Crippen LogP contribution in [-0.2, 0) is 25.6 Å². The normalized spacial score (nSPS) is 19.2. The molecule has 0 radical (unpaired) electrons. The van der Waals surface area contributed by atoms with Gasteiger partial charge in [0.15, 0.2) is 6.61 Å². The third-order valence-electron chi connectivity index (χ3n) is 6.75. The maximum atomic E-state index is 12.5. The SMILES string of the molecule is COCCCN1C(=O)COc2ccc(COC3CN(C(=O)O)CCC3c3ccc(C(=O)OC)cc3)cc21. The molecule has 2 aliphatic rings. The Hall–Kier alpha value is -3.63. The highest BCUT2D eigenvalue weighted by Crippen LogP contribution is 2.35. The Morgan fingerprint density at radius 2 is 1.92 bits per heavy atom. The molecule has 2 heterocycles. The molecule has 37 heavy (non-hydrogen) atoms. The first-order valence-corrected chi connectivity index (χ1v) is 12.2. The third-order valence-corrected chi connectivity index (χ3v) is 6.75. The van der Waals surface area contributed by atoms with E-state index in [-0.39, 0.29) is 37.7 Å². The minimum absolute atomic E-state index is 0.000621. The number of anilines is 1. The summed E-state index contributed by atoms with van der Waals surface area (Å²) in [6, 6.07) is 12.8. The van der Waals surface area contributed by atoms with Gasteiger partial charge in [0, 0.05) is 32.7 Å². The van der Waals surface area contributed by atoms with E-state index in [9.17, 15) is 19.5 Å². The minimum atomic E-state index is -0.982. The zero-order chi connectivity index (χ0) is 26.4. The molecule has 10 nitrogen and oxygen atoms in total. The smallest absolute Gasteiger partial charge is 0.407 e. The summed E-state index contributed by atoms with van der Waals surface area (Å²) in [5.41, 5.74) is 2.96. The van der Waals surface area contributed by atoms with Crippen molar-refractivity contribution in [1.29, 1.82) is 0 Å². The number of benzene rings is 2. The number of piperidine rings is 1. The average Bonchev–Trinajstić information content (AvgIpc) is 2.92. The Bertz CT molecular complexity index is 1120. The second-order valence-corrected chi connectivity index (χ2v) is 9.07. The Kier molecular flexibility index (Phi) is 8.62. The summed E-state index contributed by atoms with van der Waals surface area (Å²) in [7, 11) is 2.96. The quantitative estimate of drug-likeness (QED) is 0.402. The van der Waals surface area contributed by atoms with Gasteiger partial charge in [-0.2, -0.15) is 0 Å². The van der Waals surface area contributed by atoms with Crippen molar-refractivity contribution in [1.82, 2.24) is 4.90 Å². The van der Waals surface area contributed by atoms with Crippen LogP contribution in [0.25, 0.3) is 0 Å². The van der Waals surface area contributed by atoms with Crippen LogP contribution in [0.5, 0.6) is 5.75 Å². The van der Waals surface area contributed by atoms with Crippen molar-refractivity contribution in [2.75, 3.05) is 52.0 Å². The van der Waals surface area contributed by atoms with Crippen LogP contribution < -0.4 is 9.64 Å². The van der Waals surface area contributed by atoms with Gasteiger partial charge in [0.1, 0.15) is 5.75 Å². The van der Waals surface area contributed by atoms with E-state index >= 15 is 0 Å². The first-order chi connectivity index (χ1) is 17.9. The van der Waals surface area contributed by atoms with E-state index < -0.39 is 12.1 Å². The van der Waals surface area contributed by atoms with Crippen LogP contribution in [0.15, 0.2) is 42.5 Å². The standard InChI is InChI=1S/C27H32N2O8/c1-34-13-3-11-29-22-14-18(4-9-23(22)37-17-25(29)30)16-36-24-15-28(27(32)33)12-10-21(24)19-5-7-20(8-6-19)26(31)35-2/h4-9,14,21,24H,3,10-13,15-17H2,1-2H3,(H,32,33). The molecule has 0 aliphatic carbocycles. The lowest BCUT2D eigenvalue weighted by Crippen LogP contribution is -2.46. The molecule has 1 fully saturated rings. The lowest BCUT2D eigenvalue weighted by Gasteiger charge is -2.37. The van der Waals surface area contributed by atoms with Crippen molar-refractivity contribution >= 4 is 23.7 Å². The Morgan fingerprint density at radius 1 is 1.14 bits per heavy atom. The molecule has 0 aromatic heterocycles. The van der Waals surface area contributed by atoms with Crippen molar-refractivity contribution in [2.24, 2.45) is 0 Å². The monoisotopic (exact) mass is 512 g/mol. The van der Waals surface area contributed by atoms with Gasteiger partial charge in [0.05, 0.1) is 37.6 Å². The third kappa shape index (κ3) is 6.20. The summed E-state index contributed by atoms with van der Waals surface area (Å²) in [5.74, 6) is 0.0714. The lowest BCUT2D eigenvalue weighted by atomic mass is 9.86. The predicted octanol–water partition coefficient (Wildman–Crippen LogP) is 3.29. The van der Waals surface area contributed by atoms with Crippen molar-refractivity contribution in [2.45, 2.75) is 31.5 Å². The summed E-state index contributed by atoms with van der Waals surface area (Å²) in [5, 5.41) is 9.56. The number of amides is 2. The number of fused-ring (bicyclic) bond motifs is 1. The predicted molar refractivity (Wildman–Crippen MR) is 134 cm³/mol. The Labute approximate surface area is 215 Å². The van der Waals surface area contributed by atoms with E-state index in [4.69, 9.17) is 18.9 Å². The number of ether oxygens (including phenoxy) is 4. The van der Waals surface area contributed by atoms with Gasteiger partial charge in [0.2, 0.25) is 0 Å². The van der Waals surface area contributed by atoms with Crippen LogP contribution in [0.4, 0.5) is 10.5 Å². The molecule has 0 spiro atoms. The molecule has 1 saturated heterocycles. The van der Waals surface area contributed by atoms with Crippen molar-refractivity contribution < 1.29 is 38.4 Å². The number of nitrogens with zero attached hydrogens (tertiary/aromatic N) is 2. The van der Waals surface area contributed by atoms with E-state index in [0.29, 0.717) is 49.5 Å². The molecular weight excluding hydrogens is 480 g/mol. The molecule has 2 aliphatic heterocycles. The van der Waals surface area contributed by atoms with Crippen LogP contribution in [0.2, 0.25) is 0 Å². The van der Waals surface area contributed by atoms with Crippen LogP contribution in [0, 0.1) is 0 Å². The van der Waals surface area contributed by atoms with Crippen LogP contribution in [0.3, 0.4) is 0 Å². The van der Waals surface area contributed by atoms with Gasteiger partial charge in [-0.3, -0.25) is 4.79 Å². The first kappa shape index (κ1) is 26.4. The zero-order valence-electron chi connectivity index (χ0n) is 21.1. The molecule has 10 heteroatoms. The van der Waals surface area contributed by atoms with E-state index in [0.717, 1.165) is 11.1 Å². The van der Waals surface area contributed by atoms with Crippen molar-refractivity contribution in [3.8, 4) is 5.75 Å². The fourth-order valence-electron chi connectivity index (χ4n) is 4.78. The molecular formula is C27H32N2O8. The van der Waals surface area contributed by atoms with Gasteiger partial charge in [0.25, 0.3) is 5.91 Å². The van der Waals surface area contributed by atoms with E-state index in [2.05, 4.69) is 0 Å². The topological polar surface area (TPSA) is 115 Å². The number of carboxylic acid groups (broad SMARTS) is 1. The minimum Gasteiger partial charge on any atom is -0.482 e. The first-order valence-electron chi connectivity index (χ1n) is 12.2. The van der Waals surface area contributed by atoms with E-state index in [1.807, 2.05) is 30.3 Å². The number of carbonyl (C=O) groups is 3. The highest BCUT2D eigenvalue weighted by atomic mass is 16.5. The average molecular weight is 513 g/mol. The molecule has 198 valence electrons. The summed E-state index contributed by atoms with van der Waals surface area (Å²) in [4.78, 5) is 39.0. The molecule has 0 bridgehead atoms. The van der Waals surface area contributed by atoms with Crippen LogP contribution in [0.1, 0.15) is 40.2 Å². The molecule has 2 unspecified atom stereocenters. The zero-order valence-corrected chi connectivity index (χ0v) is 21.1. The van der Waals surface area contributed by atoms with Crippen LogP contribution in [-0.4, -0.2) is 81.1 Å². The number of hydrogen-bond donors (Lipinski definition) is 1. The largest absolute Gasteiger partial charge is 0.482 e. The fourth-order valence-corrected chi connectivity index (χ4v) is 4.78. The Balaban J connectivity index is 1.50. The van der Waals surface area contributed by atoms with Crippen molar-refractivity contribution in [3.63, 3.8) is 0 Å². The highest BCUT2D eigenvalue weighted by molar-refractivity contribution is 5.97. The maximum absolute atomic E-state index is 12.5. The number of esters is 1. The number of likely N-dealkylation sites (tertiary alicyclic amines) is 1. The molecule has 4 rings (SSSR count). The summed E-state index contributed by atoms with van der Waals surface area (Å²) >= 11 is 0. The molecule has 2 aromatic rings.